The standard InChI is InChI=1S/C22H20F6N4O4S/c23-17-9-13(19(33)30-31-20(34)18(24)25)5-4-12(17)8-16-11-32(6-7-37-16)21(35)29-14-2-1-3-15(10-14)36-22(26,27)28/h1-5,9-10,16,18H,6-8,11H2,(H,29,35)(H,30,33)(H,31,34). The van der Waals surface area contributed by atoms with Crippen LogP contribution in [0.25, 0.3) is 0 Å². The number of amides is 4. The Morgan fingerprint density at radius 2 is 1.86 bits per heavy atom. The first kappa shape index (κ1) is 28.0. The second kappa shape index (κ2) is 12.1. The number of nitrogens with one attached hydrogen (secondary N) is 3. The largest absolute Gasteiger partial charge is 0.573 e. The van der Waals surface area contributed by atoms with E-state index in [4.69, 9.17) is 0 Å². The van der Waals surface area contributed by atoms with Gasteiger partial charge >= 0.3 is 24.7 Å². The third-order valence-corrected chi connectivity index (χ3v) is 6.21. The fourth-order valence-corrected chi connectivity index (χ4v) is 4.59. The van der Waals surface area contributed by atoms with Gasteiger partial charge in [0.25, 0.3) is 5.91 Å². The summed E-state index contributed by atoms with van der Waals surface area (Å²) in [6.45, 7) is 0.578. The van der Waals surface area contributed by atoms with Gasteiger partial charge in [-0.05, 0) is 36.2 Å². The number of thioether (sulfide) groups is 1. The van der Waals surface area contributed by atoms with E-state index in [0.717, 1.165) is 18.2 Å². The number of carbonyl (C=O) groups excluding carboxylic acids is 3. The Balaban J connectivity index is 1.57. The Morgan fingerprint density at radius 3 is 2.54 bits per heavy atom. The van der Waals surface area contributed by atoms with Crippen molar-refractivity contribution in [3.8, 4) is 5.75 Å². The molecule has 2 aromatic carbocycles. The summed E-state index contributed by atoms with van der Waals surface area (Å²) in [6, 6.07) is 7.78. The third kappa shape index (κ3) is 8.48. The van der Waals surface area contributed by atoms with Gasteiger partial charge in [0, 0.05) is 41.4 Å². The van der Waals surface area contributed by atoms with Crippen molar-refractivity contribution in [3.63, 3.8) is 0 Å². The molecule has 8 nitrogen and oxygen atoms in total. The van der Waals surface area contributed by atoms with Gasteiger partial charge in [0.1, 0.15) is 11.6 Å². The van der Waals surface area contributed by atoms with E-state index in [1.807, 2.05) is 0 Å². The second-order valence-corrected chi connectivity index (χ2v) is 9.11. The zero-order chi connectivity index (χ0) is 27.2. The van der Waals surface area contributed by atoms with Gasteiger partial charge in [-0.2, -0.15) is 20.5 Å². The third-order valence-electron chi connectivity index (χ3n) is 5.01. The normalized spacial score (nSPS) is 15.8. The number of nitrogens with zero attached hydrogens (tertiary/aromatic N) is 1. The number of hydrogen-bond acceptors (Lipinski definition) is 5. The van der Waals surface area contributed by atoms with Crippen LogP contribution in [0.5, 0.6) is 5.75 Å². The Kier molecular flexibility index (Phi) is 9.13. The molecule has 0 bridgehead atoms. The lowest BCUT2D eigenvalue weighted by Crippen LogP contribution is -2.44. The van der Waals surface area contributed by atoms with E-state index in [-0.39, 0.29) is 35.0 Å². The van der Waals surface area contributed by atoms with E-state index in [2.05, 4.69) is 10.1 Å². The molecule has 200 valence electrons. The highest BCUT2D eigenvalue weighted by atomic mass is 32.2. The Hall–Kier alpha value is -3.62. The highest BCUT2D eigenvalue weighted by molar-refractivity contribution is 8.00. The predicted octanol–water partition coefficient (Wildman–Crippen LogP) is 3.94. The van der Waals surface area contributed by atoms with Gasteiger partial charge in [-0.3, -0.25) is 20.4 Å². The molecule has 2 aromatic rings. The van der Waals surface area contributed by atoms with Crippen LogP contribution in [0.3, 0.4) is 0 Å². The molecule has 3 N–H and O–H groups in total. The summed E-state index contributed by atoms with van der Waals surface area (Å²) in [6.07, 6.45) is -8.01. The van der Waals surface area contributed by atoms with E-state index in [1.54, 1.807) is 5.43 Å². The number of benzene rings is 2. The summed E-state index contributed by atoms with van der Waals surface area (Å²) in [5.74, 6) is -3.39. The number of ether oxygens (including phenoxy) is 1. The Labute approximate surface area is 210 Å². The van der Waals surface area contributed by atoms with E-state index < -0.39 is 42.2 Å². The molecule has 0 aliphatic carbocycles. The molecule has 1 atom stereocenters. The van der Waals surface area contributed by atoms with Crippen LogP contribution in [0, 0.1) is 5.82 Å². The predicted molar refractivity (Wildman–Crippen MR) is 122 cm³/mol. The van der Waals surface area contributed by atoms with Gasteiger partial charge in [-0.15, -0.1) is 13.2 Å². The topological polar surface area (TPSA) is 99.8 Å². The highest BCUT2D eigenvalue weighted by Crippen LogP contribution is 2.27. The van der Waals surface area contributed by atoms with Crippen molar-refractivity contribution in [1.82, 2.24) is 15.8 Å². The number of rotatable bonds is 6. The zero-order valence-electron chi connectivity index (χ0n) is 18.8. The van der Waals surface area contributed by atoms with Gasteiger partial charge in [0.2, 0.25) is 0 Å². The molecule has 1 aliphatic heterocycles. The molecular weight excluding hydrogens is 530 g/mol. The van der Waals surface area contributed by atoms with Crippen molar-refractivity contribution in [3.05, 3.63) is 59.4 Å². The number of carbonyl (C=O) groups is 3. The summed E-state index contributed by atoms with van der Waals surface area (Å²) in [5, 5.41) is 2.29. The number of urea groups is 1. The monoisotopic (exact) mass is 550 g/mol. The molecule has 1 heterocycles. The van der Waals surface area contributed by atoms with Gasteiger partial charge in [-0.1, -0.05) is 12.1 Å². The number of alkyl halides is 5. The summed E-state index contributed by atoms with van der Waals surface area (Å²) in [7, 11) is 0. The van der Waals surface area contributed by atoms with Crippen LogP contribution in [-0.4, -0.2) is 59.6 Å². The molecule has 4 amide bonds. The summed E-state index contributed by atoms with van der Waals surface area (Å²) >= 11 is 1.50. The average Bonchev–Trinajstić information content (AvgIpc) is 2.82. The summed E-state index contributed by atoms with van der Waals surface area (Å²) in [4.78, 5) is 36.9. The van der Waals surface area contributed by atoms with Crippen LogP contribution in [-0.2, 0) is 11.2 Å². The van der Waals surface area contributed by atoms with Gasteiger partial charge in [0.05, 0.1) is 0 Å². The molecule has 0 aromatic heterocycles. The first-order valence-corrected chi connectivity index (χ1v) is 11.7. The van der Waals surface area contributed by atoms with Crippen LogP contribution >= 0.6 is 11.8 Å². The molecular formula is C22H20F6N4O4S. The highest BCUT2D eigenvalue weighted by Gasteiger charge is 2.31. The van der Waals surface area contributed by atoms with Crippen LogP contribution in [0.2, 0.25) is 0 Å². The van der Waals surface area contributed by atoms with Crippen molar-refractivity contribution < 1.29 is 45.5 Å². The van der Waals surface area contributed by atoms with Gasteiger partial charge in [-0.25, -0.2) is 9.18 Å². The maximum absolute atomic E-state index is 14.6. The lowest BCUT2D eigenvalue weighted by Gasteiger charge is -2.32. The van der Waals surface area contributed by atoms with Crippen LogP contribution in [0.4, 0.5) is 36.8 Å². The molecule has 3 rings (SSSR count). The SMILES string of the molecule is O=C(NNC(=O)C(F)F)c1ccc(CC2CN(C(=O)Nc3cccc(OC(F)(F)F)c3)CCS2)c(F)c1. The lowest BCUT2D eigenvalue weighted by molar-refractivity contribution is -0.274. The quantitative estimate of drug-likeness (QED) is 0.374. The van der Waals surface area contributed by atoms with Crippen molar-refractivity contribution in [1.29, 1.82) is 0 Å². The van der Waals surface area contributed by atoms with Crippen molar-refractivity contribution in [2.75, 3.05) is 24.2 Å². The average molecular weight is 550 g/mol. The van der Waals surface area contributed by atoms with Gasteiger partial charge < -0.3 is 15.0 Å². The molecule has 0 spiro atoms. The molecule has 1 unspecified atom stereocenters. The van der Waals surface area contributed by atoms with Gasteiger partial charge in [0.15, 0.2) is 0 Å². The van der Waals surface area contributed by atoms with E-state index in [9.17, 15) is 40.7 Å². The molecule has 1 saturated heterocycles. The van der Waals surface area contributed by atoms with E-state index in [1.165, 1.54) is 46.4 Å². The van der Waals surface area contributed by atoms with Crippen molar-refractivity contribution in [2.24, 2.45) is 0 Å². The number of hydrazine groups is 1. The van der Waals surface area contributed by atoms with Crippen molar-refractivity contribution in [2.45, 2.75) is 24.5 Å². The van der Waals surface area contributed by atoms with Crippen LogP contribution in [0.1, 0.15) is 15.9 Å². The van der Waals surface area contributed by atoms with Crippen LogP contribution in [0.15, 0.2) is 42.5 Å². The molecule has 0 radical (unpaired) electrons. The minimum atomic E-state index is -4.87. The fraction of sp³-hybridized carbons (Fsp3) is 0.318. The summed E-state index contributed by atoms with van der Waals surface area (Å²) in [5.41, 5.74) is 3.41. The first-order valence-electron chi connectivity index (χ1n) is 10.6. The van der Waals surface area contributed by atoms with Crippen molar-refractivity contribution >= 4 is 35.3 Å². The molecule has 0 saturated carbocycles. The maximum atomic E-state index is 14.6. The van der Waals surface area contributed by atoms with E-state index >= 15 is 0 Å². The maximum Gasteiger partial charge on any atom is 0.573 e. The Morgan fingerprint density at radius 1 is 1.11 bits per heavy atom. The molecule has 1 fully saturated rings. The molecule has 37 heavy (non-hydrogen) atoms. The lowest BCUT2D eigenvalue weighted by atomic mass is 10.1. The minimum absolute atomic E-state index is 0.103. The van der Waals surface area contributed by atoms with E-state index in [0.29, 0.717) is 12.3 Å². The second-order valence-electron chi connectivity index (χ2n) is 7.70. The summed E-state index contributed by atoms with van der Waals surface area (Å²) < 4.78 is 80.1. The zero-order valence-corrected chi connectivity index (χ0v) is 19.6. The number of hydrogen-bond donors (Lipinski definition) is 3. The smallest absolute Gasteiger partial charge is 0.406 e. The molecule has 1 aliphatic rings. The molecule has 15 heteroatoms. The minimum Gasteiger partial charge on any atom is -0.406 e. The Bertz CT molecular complexity index is 1150. The van der Waals surface area contributed by atoms with Crippen LogP contribution < -0.4 is 20.9 Å². The fourth-order valence-electron chi connectivity index (χ4n) is 3.35. The number of halogens is 6. The first-order chi connectivity index (χ1) is 17.4. The number of anilines is 1.